The molecule has 3 atom stereocenters. The van der Waals surface area contributed by atoms with Crippen molar-refractivity contribution in [1.29, 1.82) is 0 Å². The molecule has 0 saturated heterocycles. The number of aromatic nitrogens is 1. The molecule has 0 aliphatic carbocycles. The number of nitrogens with one attached hydrogen (secondary N) is 1. The Labute approximate surface area is 214 Å². The van der Waals surface area contributed by atoms with Crippen molar-refractivity contribution in [2.45, 2.75) is 38.1 Å². The molecule has 2 amide bonds. The first-order valence-corrected chi connectivity index (χ1v) is 11.8. The van der Waals surface area contributed by atoms with Crippen molar-refractivity contribution in [3.63, 3.8) is 0 Å². The van der Waals surface area contributed by atoms with Crippen molar-refractivity contribution < 1.29 is 29.3 Å². The topological polar surface area (TPSA) is 136 Å². The molecule has 0 unspecified atom stereocenters. The molecular formula is C28H29N3O6. The van der Waals surface area contributed by atoms with Gasteiger partial charge in [0.05, 0.1) is 18.3 Å². The van der Waals surface area contributed by atoms with Crippen LogP contribution in [0.3, 0.4) is 0 Å². The average Bonchev–Trinajstić information content (AvgIpc) is 3.37. The first-order valence-electron chi connectivity index (χ1n) is 11.8. The Bertz CT molecular complexity index is 1400. The fourth-order valence-electron chi connectivity index (χ4n) is 4.14. The fraction of sp³-hybridized carbons (Fsp3) is 0.250. The quantitative estimate of drug-likeness (QED) is 0.276. The van der Waals surface area contributed by atoms with Gasteiger partial charge in [0.2, 0.25) is 5.89 Å². The second-order valence-electron chi connectivity index (χ2n) is 8.84. The van der Waals surface area contributed by atoms with E-state index in [2.05, 4.69) is 10.3 Å². The predicted octanol–water partition coefficient (Wildman–Crippen LogP) is 2.68. The van der Waals surface area contributed by atoms with Crippen LogP contribution < -0.4 is 5.32 Å². The van der Waals surface area contributed by atoms with Crippen molar-refractivity contribution in [1.82, 2.24) is 15.2 Å². The number of nitrogens with zero attached hydrogens (tertiary/aromatic N) is 2. The van der Waals surface area contributed by atoms with Crippen LogP contribution in [0.2, 0.25) is 0 Å². The lowest BCUT2D eigenvalue weighted by molar-refractivity contribution is -0.153. The van der Waals surface area contributed by atoms with E-state index in [1.165, 1.54) is 18.2 Å². The zero-order chi connectivity index (χ0) is 26.5. The maximum atomic E-state index is 12.9. The highest BCUT2D eigenvalue weighted by atomic mass is 16.4. The summed E-state index contributed by atoms with van der Waals surface area (Å²) in [5, 5.41) is 35.1. The Morgan fingerprint density at radius 2 is 1.70 bits per heavy atom. The molecule has 0 fully saturated rings. The molecule has 4 rings (SSSR count). The third-order valence-electron chi connectivity index (χ3n) is 6.40. The second kappa shape index (κ2) is 11.2. The molecule has 0 spiro atoms. The summed E-state index contributed by atoms with van der Waals surface area (Å²) >= 11 is 0. The number of fused-ring (bicyclic) bond motifs is 1. The molecule has 4 aromatic rings. The van der Waals surface area contributed by atoms with Crippen LogP contribution in [0.25, 0.3) is 10.8 Å². The molecule has 1 aromatic heterocycles. The van der Waals surface area contributed by atoms with Gasteiger partial charge in [-0.2, -0.15) is 0 Å². The number of oxazole rings is 1. The zero-order valence-corrected chi connectivity index (χ0v) is 20.5. The monoisotopic (exact) mass is 503 g/mol. The van der Waals surface area contributed by atoms with Crippen molar-refractivity contribution in [3.8, 4) is 5.75 Å². The third-order valence-corrected chi connectivity index (χ3v) is 6.40. The van der Waals surface area contributed by atoms with Gasteiger partial charge in [-0.25, -0.2) is 4.98 Å². The Hall–Kier alpha value is -4.21. The van der Waals surface area contributed by atoms with E-state index in [1.54, 1.807) is 24.3 Å². The lowest BCUT2D eigenvalue weighted by Crippen LogP contribution is -2.50. The predicted molar refractivity (Wildman–Crippen MR) is 136 cm³/mol. The van der Waals surface area contributed by atoms with Gasteiger partial charge in [0.15, 0.2) is 12.2 Å². The number of likely N-dealkylation sites (N-methyl/N-ethyl adjacent to an activating group) is 1. The lowest BCUT2D eigenvalue weighted by Gasteiger charge is -2.29. The van der Waals surface area contributed by atoms with Gasteiger partial charge in [-0.15, -0.1) is 0 Å². The number of aromatic hydroxyl groups is 1. The van der Waals surface area contributed by atoms with Crippen LogP contribution in [0.4, 0.5) is 0 Å². The van der Waals surface area contributed by atoms with Gasteiger partial charge < -0.3 is 30.0 Å². The van der Waals surface area contributed by atoms with Crippen LogP contribution in [-0.4, -0.2) is 56.3 Å². The maximum Gasteiger partial charge on any atom is 0.254 e. The lowest BCUT2D eigenvalue weighted by atomic mass is 9.98. The van der Waals surface area contributed by atoms with Crippen LogP contribution in [-0.2, 0) is 22.6 Å². The highest BCUT2D eigenvalue weighted by Crippen LogP contribution is 2.28. The van der Waals surface area contributed by atoms with Gasteiger partial charge in [0, 0.05) is 13.5 Å². The summed E-state index contributed by atoms with van der Waals surface area (Å²) in [4.78, 5) is 30.9. The Kier molecular flexibility index (Phi) is 7.86. The van der Waals surface area contributed by atoms with Crippen LogP contribution in [0.15, 0.2) is 77.4 Å². The van der Waals surface area contributed by atoms with Crippen molar-refractivity contribution in [3.05, 3.63) is 95.7 Å². The normalized spacial score (nSPS) is 13.6. The van der Waals surface area contributed by atoms with E-state index < -0.39 is 30.1 Å². The molecule has 0 bridgehead atoms. The highest BCUT2D eigenvalue weighted by Gasteiger charge is 2.34. The first-order chi connectivity index (χ1) is 17.8. The number of amides is 2. The van der Waals surface area contributed by atoms with Gasteiger partial charge in [0.25, 0.3) is 11.8 Å². The summed E-state index contributed by atoms with van der Waals surface area (Å²) in [6, 6.07) is 20.0. The van der Waals surface area contributed by atoms with Crippen molar-refractivity contribution in [2.75, 3.05) is 7.05 Å². The number of phenols is 1. The van der Waals surface area contributed by atoms with E-state index in [0.717, 1.165) is 16.3 Å². The van der Waals surface area contributed by atoms with Crippen LogP contribution in [0.5, 0.6) is 5.75 Å². The largest absolute Gasteiger partial charge is 0.508 e. The number of rotatable bonds is 9. The maximum absolute atomic E-state index is 12.9. The summed E-state index contributed by atoms with van der Waals surface area (Å²) in [5.41, 5.74) is 2.10. The van der Waals surface area contributed by atoms with E-state index in [-0.39, 0.29) is 18.2 Å². The van der Waals surface area contributed by atoms with Gasteiger partial charge in [-0.05, 0) is 34.9 Å². The molecule has 4 N–H and O–H groups in total. The number of benzene rings is 3. The van der Waals surface area contributed by atoms with Crippen molar-refractivity contribution >= 4 is 22.6 Å². The molecule has 192 valence electrons. The minimum Gasteiger partial charge on any atom is -0.508 e. The van der Waals surface area contributed by atoms with E-state index in [9.17, 15) is 24.9 Å². The summed E-state index contributed by atoms with van der Waals surface area (Å²) in [6.07, 6.45) is -2.19. The molecule has 9 nitrogen and oxygen atoms in total. The first kappa shape index (κ1) is 25.9. The van der Waals surface area contributed by atoms with E-state index in [4.69, 9.17) is 4.42 Å². The van der Waals surface area contributed by atoms with E-state index >= 15 is 0 Å². The number of carbonyl (C=O) groups excluding carboxylic acids is 2. The van der Waals surface area contributed by atoms with Gasteiger partial charge >= 0.3 is 0 Å². The van der Waals surface area contributed by atoms with Crippen LogP contribution >= 0.6 is 0 Å². The molecule has 1 heterocycles. The summed E-state index contributed by atoms with van der Waals surface area (Å²) < 4.78 is 5.34. The fourth-order valence-corrected chi connectivity index (χ4v) is 4.14. The third kappa shape index (κ3) is 5.79. The van der Waals surface area contributed by atoms with E-state index in [1.807, 2.05) is 49.4 Å². The highest BCUT2D eigenvalue weighted by molar-refractivity contribution is 5.91. The second-order valence-corrected chi connectivity index (χ2v) is 8.84. The molecular weight excluding hydrogens is 474 g/mol. The minimum atomic E-state index is -1.98. The molecule has 9 heteroatoms. The van der Waals surface area contributed by atoms with Crippen molar-refractivity contribution in [2.24, 2.45) is 0 Å². The molecule has 37 heavy (non-hydrogen) atoms. The van der Waals surface area contributed by atoms with Gasteiger partial charge in [-0.1, -0.05) is 60.7 Å². The number of hydrogen-bond donors (Lipinski definition) is 4. The summed E-state index contributed by atoms with van der Waals surface area (Å²) in [6.45, 7) is 1.66. The average molecular weight is 504 g/mol. The molecule has 0 aliphatic heterocycles. The van der Waals surface area contributed by atoms with Gasteiger partial charge in [-0.3, -0.25) is 9.59 Å². The standard InChI is InChI=1S/C28H29N3O6/c1-17(21-12-7-10-18-8-3-5-11-22(18)21)31(2)28(36)26(34)25(33)27(35)29-15-24-30-20(16-37-24)14-19-9-4-6-13-23(19)32/h3-13,16-17,25-26,32-34H,14-15H2,1-2H3,(H,29,35)/t17-,25-,26-/m1/s1. The van der Waals surface area contributed by atoms with Crippen LogP contribution in [0, 0.1) is 0 Å². The number of para-hydroxylation sites is 1. The zero-order valence-electron chi connectivity index (χ0n) is 20.5. The van der Waals surface area contributed by atoms with E-state index in [0.29, 0.717) is 17.7 Å². The van der Waals surface area contributed by atoms with Gasteiger partial charge in [0.1, 0.15) is 12.0 Å². The number of carbonyl (C=O) groups is 2. The molecule has 0 aliphatic rings. The Balaban J connectivity index is 1.34. The minimum absolute atomic E-state index is 0.141. The number of hydrogen-bond acceptors (Lipinski definition) is 7. The number of aliphatic hydroxyl groups excluding tert-OH is 2. The smallest absolute Gasteiger partial charge is 0.254 e. The summed E-state index contributed by atoms with van der Waals surface area (Å²) in [7, 11) is 1.52. The Morgan fingerprint density at radius 3 is 2.49 bits per heavy atom. The SMILES string of the molecule is C[C@H](c1cccc2ccccc12)N(C)C(=O)[C@H](O)[C@@H](O)C(=O)NCc1nc(Cc2ccccc2O)co1. The number of aliphatic hydroxyl groups is 2. The van der Waals surface area contributed by atoms with Crippen LogP contribution in [0.1, 0.15) is 35.7 Å². The Morgan fingerprint density at radius 1 is 1.00 bits per heavy atom. The molecule has 0 radical (unpaired) electrons. The molecule has 3 aromatic carbocycles. The summed E-state index contributed by atoms with van der Waals surface area (Å²) in [5.74, 6) is -1.41. The number of phenolic OH excluding ortho intramolecular Hbond substituents is 1. The molecule has 0 saturated carbocycles.